The summed E-state index contributed by atoms with van der Waals surface area (Å²) in [5.41, 5.74) is 7.39. The fourth-order valence-corrected chi connectivity index (χ4v) is 2.55. The van der Waals surface area contributed by atoms with Crippen LogP contribution >= 0.6 is 39.1 Å². The second-order valence-electron chi connectivity index (χ2n) is 4.23. The molecule has 1 unspecified atom stereocenters. The van der Waals surface area contributed by atoms with Crippen molar-refractivity contribution in [2.24, 2.45) is 5.73 Å². The average Bonchev–Trinajstić information content (AvgIpc) is 2.33. The lowest BCUT2D eigenvalue weighted by molar-refractivity contribution is 0.579. The molecule has 0 heterocycles. The lowest BCUT2D eigenvalue weighted by Gasteiger charge is -2.14. The Balaban J connectivity index is 2.25. The van der Waals surface area contributed by atoms with Crippen LogP contribution in [0.2, 0.25) is 10.0 Å². The van der Waals surface area contributed by atoms with E-state index in [0.717, 1.165) is 5.56 Å². The van der Waals surface area contributed by atoms with Gasteiger partial charge in [-0.25, -0.2) is 4.39 Å². The van der Waals surface area contributed by atoms with E-state index in [-0.39, 0.29) is 5.82 Å². The summed E-state index contributed by atoms with van der Waals surface area (Å²) in [6, 6.07) is 9.77. The van der Waals surface area contributed by atoms with Crippen molar-refractivity contribution >= 4 is 39.1 Å². The van der Waals surface area contributed by atoms with Crippen LogP contribution < -0.4 is 5.73 Å². The first-order chi connectivity index (χ1) is 8.97. The Morgan fingerprint density at radius 1 is 1.21 bits per heavy atom. The first-order valence-electron chi connectivity index (χ1n) is 5.62. The monoisotopic (exact) mass is 361 g/mol. The fourth-order valence-electron chi connectivity index (χ4n) is 1.85. The van der Waals surface area contributed by atoms with E-state index in [1.165, 1.54) is 6.07 Å². The number of halogens is 4. The van der Waals surface area contributed by atoms with Crippen LogP contribution in [-0.2, 0) is 6.42 Å². The molecule has 2 N–H and O–H groups in total. The van der Waals surface area contributed by atoms with Crippen LogP contribution in [0.25, 0.3) is 0 Å². The lowest BCUT2D eigenvalue weighted by atomic mass is 9.99. The van der Waals surface area contributed by atoms with Gasteiger partial charge in [0, 0.05) is 21.1 Å². The molecule has 0 spiro atoms. The maximum absolute atomic E-state index is 13.9. The van der Waals surface area contributed by atoms with E-state index in [0.29, 0.717) is 26.5 Å². The van der Waals surface area contributed by atoms with Gasteiger partial charge >= 0.3 is 0 Å². The second-order valence-corrected chi connectivity index (χ2v) is 5.93. The molecule has 1 atom stereocenters. The minimum Gasteiger partial charge on any atom is -0.324 e. The molecule has 19 heavy (non-hydrogen) atoms. The molecule has 0 saturated heterocycles. The van der Waals surface area contributed by atoms with Gasteiger partial charge in [0.25, 0.3) is 0 Å². The van der Waals surface area contributed by atoms with Gasteiger partial charge in [-0.1, -0.05) is 35.3 Å². The molecule has 1 nitrogen and oxygen atoms in total. The summed E-state index contributed by atoms with van der Waals surface area (Å²) in [4.78, 5) is 0. The third kappa shape index (κ3) is 3.69. The van der Waals surface area contributed by atoms with Crippen LogP contribution in [0.3, 0.4) is 0 Å². The molecule has 0 aliphatic rings. The molecule has 0 bridgehead atoms. The van der Waals surface area contributed by atoms with Crippen molar-refractivity contribution in [2.75, 3.05) is 0 Å². The number of hydrogen-bond acceptors (Lipinski definition) is 1. The smallest absolute Gasteiger partial charge is 0.129 e. The maximum Gasteiger partial charge on any atom is 0.129 e. The van der Waals surface area contributed by atoms with E-state index in [1.54, 1.807) is 12.1 Å². The van der Waals surface area contributed by atoms with Gasteiger partial charge in [-0.05, 0) is 52.2 Å². The van der Waals surface area contributed by atoms with Crippen molar-refractivity contribution < 1.29 is 4.39 Å². The minimum absolute atomic E-state index is 0.370. The second kappa shape index (κ2) is 6.23. The number of benzene rings is 2. The predicted octanol–water partition coefficient (Wildman–Crippen LogP) is 5.14. The van der Waals surface area contributed by atoms with Gasteiger partial charge in [0.15, 0.2) is 0 Å². The summed E-state index contributed by atoms with van der Waals surface area (Å²) in [5.74, 6) is -0.370. The summed E-state index contributed by atoms with van der Waals surface area (Å²) in [6.07, 6.45) is 0.495. The molecule has 0 aliphatic carbocycles. The molecule has 0 aromatic heterocycles. The largest absolute Gasteiger partial charge is 0.324 e. The highest BCUT2D eigenvalue weighted by Crippen LogP contribution is 2.29. The SMILES string of the molecule is NC(Cc1cccc(Cl)c1)c1cc(Cl)c(Br)cc1F. The summed E-state index contributed by atoms with van der Waals surface area (Å²) in [7, 11) is 0. The maximum atomic E-state index is 13.9. The van der Waals surface area contributed by atoms with Crippen LogP contribution in [0.4, 0.5) is 4.39 Å². The third-order valence-corrected chi connectivity index (χ3v) is 4.22. The summed E-state index contributed by atoms with van der Waals surface area (Å²) in [6.45, 7) is 0. The highest BCUT2D eigenvalue weighted by Gasteiger charge is 2.14. The van der Waals surface area contributed by atoms with Crippen LogP contribution in [0.1, 0.15) is 17.2 Å². The van der Waals surface area contributed by atoms with Gasteiger partial charge in [0.2, 0.25) is 0 Å². The Hall–Kier alpha value is -0.610. The van der Waals surface area contributed by atoms with Crippen molar-refractivity contribution in [2.45, 2.75) is 12.5 Å². The van der Waals surface area contributed by atoms with Gasteiger partial charge < -0.3 is 5.73 Å². The summed E-state index contributed by atoms with van der Waals surface area (Å²) >= 11 is 15.1. The van der Waals surface area contributed by atoms with Crippen molar-refractivity contribution in [1.29, 1.82) is 0 Å². The van der Waals surface area contributed by atoms with Crippen molar-refractivity contribution in [3.05, 3.63) is 67.9 Å². The fraction of sp³-hybridized carbons (Fsp3) is 0.143. The van der Waals surface area contributed by atoms with Gasteiger partial charge in [-0.2, -0.15) is 0 Å². The number of rotatable bonds is 3. The average molecular weight is 363 g/mol. The molecular weight excluding hydrogens is 352 g/mol. The summed E-state index contributed by atoms with van der Waals surface area (Å²) < 4.78 is 14.4. The topological polar surface area (TPSA) is 26.0 Å². The van der Waals surface area contributed by atoms with E-state index in [4.69, 9.17) is 28.9 Å². The molecule has 2 rings (SSSR count). The molecule has 0 radical (unpaired) electrons. The van der Waals surface area contributed by atoms with Crippen molar-refractivity contribution in [3.8, 4) is 0 Å². The van der Waals surface area contributed by atoms with Gasteiger partial charge in [0.05, 0.1) is 5.02 Å². The molecule has 0 fully saturated rings. The predicted molar refractivity (Wildman–Crippen MR) is 81.2 cm³/mol. The quantitative estimate of drug-likeness (QED) is 0.752. The Bertz CT molecular complexity index is 604. The van der Waals surface area contributed by atoms with E-state index in [2.05, 4.69) is 15.9 Å². The lowest BCUT2D eigenvalue weighted by Crippen LogP contribution is -2.15. The molecule has 5 heteroatoms. The Morgan fingerprint density at radius 3 is 2.63 bits per heavy atom. The Labute approximate surface area is 129 Å². The van der Waals surface area contributed by atoms with Gasteiger partial charge in [-0.3, -0.25) is 0 Å². The molecule has 100 valence electrons. The molecule has 0 saturated carbocycles. The summed E-state index contributed by atoms with van der Waals surface area (Å²) in [5, 5.41) is 1.08. The molecule has 0 amide bonds. The van der Waals surface area contributed by atoms with E-state index in [1.807, 2.05) is 18.2 Å². The highest BCUT2D eigenvalue weighted by atomic mass is 79.9. The number of hydrogen-bond donors (Lipinski definition) is 1. The van der Waals surface area contributed by atoms with Crippen LogP contribution in [-0.4, -0.2) is 0 Å². The van der Waals surface area contributed by atoms with Gasteiger partial charge in [0.1, 0.15) is 5.82 Å². The van der Waals surface area contributed by atoms with Crippen LogP contribution in [0.5, 0.6) is 0 Å². The first kappa shape index (κ1) is 14.8. The minimum atomic E-state index is -0.468. The van der Waals surface area contributed by atoms with Gasteiger partial charge in [-0.15, -0.1) is 0 Å². The van der Waals surface area contributed by atoms with Crippen LogP contribution in [0.15, 0.2) is 40.9 Å². The van der Waals surface area contributed by atoms with Crippen molar-refractivity contribution in [3.63, 3.8) is 0 Å². The Morgan fingerprint density at radius 2 is 1.95 bits per heavy atom. The standard InChI is InChI=1S/C14H11BrCl2FN/c15-11-7-13(18)10(6-12(11)17)14(19)5-8-2-1-3-9(16)4-8/h1-4,6-7,14H,5,19H2. The number of nitrogens with two attached hydrogens (primary N) is 1. The van der Waals surface area contributed by atoms with Crippen molar-refractivity contribution in [1.82, 2.24) is 0 Å². The molecule has 2 aromatic carbocycles. The highest BCUT2D eigenvalue weighted by molar-refractivity contribution is 9.10. The van der Waals surface area contributed by atoms with E-state index < -0.39 is 6.04 Å². The Kier molecular flexibility index (Phi) is 4.85. The van der Waals surface area contributed by atoms with E-state index in [9.17, 15) is 4.39 Å². The zero-order valence-corrected chi connectivity index (χ0v) is 12.9. The molecular formula is C14H11BrCl2FN. The zero-order chi connectivity index (χ0) is 14.0. The first-order valence-corrected chi connectivity index (χ1v) is 7.16. The van der Waals surface area contributed by atoms with Crippen LogP contribution in [0, 0.1) is 5.82 Å². The third-order valence-electron chi connectivity index (χ3n) is 2.78. The zero-order valence-electron chi connectivity index (χ0n) is 9.84. The molecule has 0 aliphatic heterocycles. The van der Waals surface area contributed by atoms with E-state index >= 15 is 0 Å². The normalized spacial score (nSPS) is 12.5. The molecule has 2 aromatic rings.